The third kappa shape index (κ3) is 4.05. The minimum atomic E-state index is 0.384. The van der Waals surface area contributed by atoms with Crippen LogP contribution in [0, 0.1) is 2.88 Å². The van der Waals surface area contributed by atoms with Gasteiger partial charge in [-0.05, 0) is 65.1 Å². The van der Waals surface area contributed by atoms with Crippen molar-refractivity contribution in [2.45, 2.75) is 39.2 Å². The lowest BCUT2D eigenvalue weighted by atomic mass is 10.0. The first-order valence-electron chi connectivity index (χ1n) is 7.13. The minimum absolute atomic E-state index is 0.384. The van der Waals surface area contributed by atoms with E-state index in [-0.39, 0.29) is 0 Å². The van der Waals surface area contributed by atoms with Gasteiger partial charge in [0.1, 0.15) is 0 Å². The fourth-order valence-corrected chi connectivity index (χ4v) is 3.70. The van der Waals surface area contributed by atoms with Gasteiger partial charge in [0.25, 0.3) is 0 Å². The predicted molar refractivity (Wildman–Crippen MR) is 94.4 cm³/mol. The molecular formula is C15H22IN3S. The lowest BCUT2D eigenvalue weighted by molar-refractivity contribution is 0.513. The molecule has 2 aromatic heterocycles. The van der Waals surface area contributed by atoms with Crippen molar-refractivity contribution < 1.29 is 0 Å². The van der Waals surface area contributed by atoms with Gasteiger partial charge in [-0.1, -0.05) is 13.8 Å². The zero-order valence-corrected chi connectivity index (χ0v) is 15.3. The van der Waals surface area contributed by atoms with Crippen molar-refractivity contribution in [3.8, 4) is 0 Å². The molecule has 0 aromatic carbocycles. The first kappa shape index (κ1) is 16.0. The lowest BCUT2D eigenvalue weighted by Gasteiger charge is -2.17. The van der Waals surface area contributed by atoms with Gasteiger partial charge in [0.05, 0.1) is 8.58 Å². The Morgan fingerprint density at radius 1 is 1.40 bits per heavy atom. The molecule has 3 nitrogen and oxygen atoms in total. The molecule has 0 aliphatic rings. The highest BCUT2D eigenvalue weighted by molar-refractivity contribution is 14.1. The van der Waals surface area contributed by atoms with Crippen LogP contribution in [0.25, 0.3) is 0 Å². The van der Waals surface area contributed by atoms with E-state index >= 15 is 0 Å². The van der Waals surface area contributed by atoms with Crippen LogP contribution in [0.4, 0.5) is 0 Å². The van der Waals surface area contributed by atoms with Crippen LogP contribution in [-0.2, 0) is 19.9 Å². The molecule has 2 heterocycles. The molecule has 0 saturated heterocycles. The Hall–Kier alpha value is -0.400. The zero-order valence-electron chi connectivity index (χ0n) is 12.3. The molecule has 20 heavy (non-hydrogen) atoms. The van der Waals surface area contributed by atoms with Gasteiger partial charge in [-0.3, -0.25) is 4.68 Å². The third-order valence-corrected chi connectivity index (χ3v) is 5.24. The normalized spacial score (nSPS) is 12.8. The molecule has 1 unspecified atom stereocenters. The molecule has 110 valence electrons. The first-order chi connectivity index (χ1) is 9.63. The van der Waals surface area contributed by atoms with Crippen LogP contribution in [0.1, 0.15) is 43.3 Å². The predicted octanol–water partition coefficient (Wildman–Crippen LogP) is 3.93. The summed E-state index contributed by atoms with van der Waals surface area (Å²) in [4.78, 5) is 0. The van der Waals surface area contributed by atoms with Gasteiger partial charge < -0.3 is 5.32 Å². The zero-order chi connectivity index (χ0) is 14.5. The Bertz CT molecular complexity index is 547. The topological polar surface area (TPSA) is 29.9 Å². The second-order valence-corrected chi connectivity index (χ2v) is 7.80. The maximum absolute atomic E-state index is 4.55. The fourth-order valence-electron chi connectivity index (χ4n) is 2.28. The Balaban J connectivity index is 2.16. The fraction of sp³-hybridized carbons (Fsp3) is 0.533. The lowest BCUT2D eigenvalue weighted by Crippen LogP contribution is -2.24. The van der Waals surface area contributed by atoms with E-state index in [1.54, 1.807) is 0 Å². The van der Waals surface area contributed by atoms with Gasteiger partial charge >= 0.3 is 0 Å². The summed E-state index contributed by atoms with van der Waals surface area (Å²) in [5, 5.41) is 10.5. The van der Waals surface area contributed by atoms with Gasteiger partial charge in [0, 0.05) is 25.2 Å². The van der Waals surface area contributed by atoms with E-state index in [1.807, 2.05) is 23.1 Å². The molecule has 0 aliphatic carbocycles. The molecule has 1 N–H and O–H groups in total. The third-order valence-electron chi connectivity index (χ3n) is 3.43. The van der Waals surface area contributed by atoms with E-state index in [0.29, 0.717) is 6.04 Å². The van der Waals surface area contributed by atoms with Crippen molar-refractivity contribution in [1.29, 1.82) is 0 Å². The average molecular weight is 403 g/mol. The van der Waals surface area contributed by atoms with E-state index < -0.39 is 0 Å². The number of aryl methyl sites for hydroxylation is 2. The van der Waals surface area contributed by atoms with Crippen molar-refractivity contribution >= 4 is 33.9 Å². The second kappa shape index (κ2) is 7.56. The highest BCUT2D eigenvalue weighted by Crippen LogP contribution is 2.25. The minimum Gasteiger partial charge on any atom is -0.310 e. The Kier molecular flexibility index (Phi) is 6.04. The van der Waals surface area contributed by atoms with Gasteiger partial charge in [0.2, 0.25) is 0 Å². The number of halogens is 1. The molecule has 0 bridgehead atoms. The van der Waals surface area contributed by atoms with E-state index in [2.05, 4.69) is 64.4 Å². The molecular weight excluding hydrogens is 381 g/mol. The second-order valence-electron chi connectivity index (χ2n) is 5.00. The standard InChI is InChI=1S/C15H22IN3S/c1-4-6-17-14(11-7-15(16)20-10-11)9-13-8-12(5-2)18-19(13)3/h7-8,10,14,17H,4-6,9H2,1-3H3. The summed E-state index contributed by atoms with van der Waals surface area (Å²) < 4.78 is 3.37. The van der Waals surface area contributed by atoms with Crippen LogP contribution in [0.2, 0.25) is 0 Å². The van der Waals surface area contributed by atoms with E-state index in [9.17, 15) is 0 Å². The number of rotatable bonds is 7. The summed E-state index contributed by atoms with van der Waals surface area (Å²) in [5.74, 6) is 0. The number of hydrogen-bond donors (Lipinski definition) is 1. The Morgan fingerprint density at radius 3 is 2.75 bits per heavy atom. The van der Waals surface area contributed by atoms with Crippen LogP contribution in [-0.4, -0.2) is 16.3 Å². The molecule has 5 heteroatoms. The Labute approximate surface area is 138 Å². The number of hydrogen-bond acceptors (Lipinski definition) is 3. The van der Waals surface area contributed by atoms with E-state index in [1.165, 1.54) is 19.8 Å². The van der Waals surface area contributed by atoms with Gasteiger partial charge in [-0.2, -0.15) is 5.10 Å². The molecule has 0 amide bonds. The van der Waals surface area contributed by atoms with Crippen molar-refractivity contribution in [3.05, 3.63) is 37.3 Å². The highest BCUT2D eigenvalue weighted by Gasteiger charge is 2.16. The summed E-state index contributed by atoms with van der Waals surface area (Å²) in [5.41, 5.74) is 3.88. The molecule has 2 rings (SSSR count). The SMILES string of the molecule is CCCNC(Cc1cc(CC)nn1C)c1csc(I)c1. The Morgan fingerprint density at radius 2 is 2.20 bits per heavy atom. The van der Waals surface area contributed by atoms with E-state index in [0.717, 1.165) is 25.8 Å². The quantitative estimate of drug-likeness (QED) is 0.710. The van der Waals surface area contributed by atoms with Crippen molar-refractivity contribution in [1.82, 2.24) is 15.1 Å². The molecule has 0 aliphatic heterocycles. The highest BCUT2D eigenvalue weighted by atomic mass is 127. The molecule has 1 atom stereocenters. The largest absolute Gasteiger partial charge is 0.310 e. The van der Waals surface area contributed by atoms with Crippen LogP contribution in [0.3, 0.4) is 0 Å². The molecule has 2 aromatic rings. The number of thiophene rings is 1. The van der Waals surface area contributed by atoms with Crippen LogP contribution in [0.15, 0.2) is 17.5 Å². The summed E-state index contributed by atoms with van der Waals surface area (Å²) >= 11 is 4.21. The summed E-state index contributed by atoms with van der Waals surface area (Å²) in [7, 11) is 2.04. The maximum Gasteiger partial charge on any atom is 0.0656 e. The summed E-state index contributed by atoms with van der Waals surface area (Å²) in [6, 6.07) is 4.91. The number of aromatic nitrogens is 2. The van der Waals surface area contributed by atoms with Crippen LogP contribution in [0.5, 0.6) is 0 Å². The smallest absolute Gasteiger partial charge is 0.0656 e. The average Bonchev–Trinajstić information content (AvgIpc) is 3.01. The van der Waals surface area contributed by atoms with Gasteiger partial charge in [-0.25, -0.2) is 0 Å². The molecule has 0 fully saturated rings. The van der Waals surface area contributed by atoms with E-state index in [4.69, 9.17) is 0 Å². The molecule has 0 saturated carbocycles. The summed E-state index contributed by atoms with van der Waals surface area (Å²) in [6.45, 7) is 5.41. The maximum atomic E-state index is 4.55. The number of nitrogens with zero attached hydrogens (tertiary/aromatic N) is 2. The van der Waals surface area contributed by atoms with Crippen LogP contribution >= 0.6 is 33.9 Å². The molecule has 0 radical (unpaired) electrons. The summed E-state index contributed by atoms with van der Waals surface area (Å²) in [6.07, 6.45) is 3.15. The molecule has 0 spiro atoms. The number of nitrogens with one attached hydrogen (secondary N) is 1. The van der Waals surface area contributed by atoms with Crippen molar-refractivity contribution in [2.75, 3.05) is 6.54 Å². The monoisotopic (exact) mass is 403 g/mol. The van der Waals surface area contributed by atoms with Gasteiger partial charge in [-0.15, -0.1) is 11.3 Å². The van der Waals surface area contributed by atoms with Crippen LogP contribution < -0.4 is 5.32 Å². The van der Waals surface area contributed by atoms with Gasteiger partial charge in [0.15, 0.2) is 0 Å². The van der Waals surface area contributed by atoms with Crippen molar-refractivity contribution in [3.63, 3.8) is 0 Å². The van der Waals surface area contributed by atoms with Crippen molar-refractivity contribution in [2.24, 2.45) is 7.05 Å². The first-order valence-corrected chi connectivity index (χ1v) is 9.09.